The van der Waals surface area contributed by atoms with E-state index in [1.807, 2.05) is 24.3 Å². The SMILES string of the molecule is CCCCSc1cccc(C2C(C#N)=C(N)OC(C)=C2C(=O)OCC)c1. The first-order valence-electron chi connectivity index (χ1n) is 8.71. The number of nitrogens with zero attached hydrogens (tertiary/aromatic N) is 1. The first-order valence-corrected chi connectivity index (χ1v) is 9.70. The second-order valence-corrected chi connectivity index (χ2v) is 7.06. The summed E-state index contributed by atoms with van der Waals surface area (Å²) in [7, 11) is 0. The summed E-state index contributed by atoms with van der Waals surface area (Å²) in [6, 6.07) is 9.97. The van der Waals surface area contributed by atoms with Crippen molar-refractivity contribution in [3.63, 3.8) is 0 Å². The lowest BCUT2D eigenvalue weighted by Crippen LogP contribution is -2.25. The number of unbranched alkanes of at least 4 members (excludes halogenated alkanes) is 1. The molecule has 5 nitrogen and oxygen atoms in total. The Hall–Kier alpha value is -2.39. The Balaban J connectivity index is 2.46. The molecule has 1 aliphatic heterocycles. The second-order valence-electron chi connectivity index (χ2n) is 5.89. The average molecular weight is 372 g/mol. The molecule has 0 radical (unpaired) electrons. The van der Waals surface area contributed by atoms with Crippen LogP contribution in [0.3, 0.4) is 0 Å². The van der Waals surface area contributed by atoms with E-state index in [4.69, 9.17) is 15.2 Å². The number of nitrogens with two attached hydrogens (primary N) is 1. The van der Waals surface area contributed by atoms with Gasteiger partial charge in [0.25, 0.3) is 0 Å². The third-order valence-electron chi connectivity index (χ3n) is 4.06. The summed E-state index contributed by atoms with van der Waals surface area (Å²) in [4.78, 5) is 13.6. The molecule has 0 amide bonds. The molecule has 0 saturated carbocycles. The summed E-state index contributed by atoms with van der Waals surface area (Å²) >= 11 is 1.76. The molecule has 138 valence electrons. The van der Waals surface area contributed by atoms with E-state index >= 15 is 0 Å². The molecule has 0 bridgehead atoms. The van der Waals surface area contributed by atoms with Crippen molar-refractivity contribution in [1.82, 2.24) is 0 Å². The van der Waals surface area contributed by atoms with Gasteiger partial charge in [-0.05, 0) is 43.7 Å². The van der Waals surface area contributed by atoms with Crippen LogP contribution in [0.2, 0.25) is 0 Å². The maximum atomic E-state index is 12.5. The Kier molecular flexibility index (Phi) is 7.16. The topological polar surface area (TPSA) is 85.3 Å². The lowest BCUT2D eigenvalue weighted by Gasteiger charge is -2.27. The van der Waals surface area contributed by atoms with E-state index in [2.05, 4.69) is 13.0 Å². The molecule has 0 aliphatic carbocycles. The van der Waals surface area contributed by atoms with Crippen LogP contribution in [0.15, 0.2) is 51.9 Å². The molecule has 2 rings (SSSR count). The lowest BCUT2D eigenvalue weighted by atomic mass is 9.83. The minimum Gasteiger partial charge on any atom is -0.463 e. The van der Waals surface area contributed by atoms with Gasteiger partial charge in [0.1, 0.15) is 17.4 Å². The van der Waals surface area contributed by atoms with Gasteiger partial charge in [-0.25, -0.2) is 4.79 Å². The summed E-state index contributed by atoms with van der Waals surface area (Å²) in [5, 5.41) is 9.60. The monoisotopic (exact) mass is 372 g/mol. The van der Waals surface area contributed by atoms with Crippen LogP contribution in [-0.4, -0.2) is 18.3 Å². The molecule has 26 heavy (non-hydrogen) atoms. The summed E-state index contributed by atoms with van der Waals surface area (Å²) in [6.45, 7) is 5.81. The van der Waals surface area contributed by atoms with Gasteiger partial charge < -0.3 is 15.2 Å². The Bertz CT molecular complexity index is 778. The Labute approximate surface area is 158 Å². The fourth-order valence-corrected chi connectivity index (χ4v) is 3.87. The predicted octanol–water partition coefficient (Wildman–Crippen LogP) is 4.22. The van der Waals surface area contributed by atoms with Crippen LogP contribution in [0.1, 0.15) is 45.1 Å². The van der Waals surface area contributed by atoms with E-state index < -0.39 is 11.9 Å². The van der Waals surface area contributed by atoms with Crippen LogP contribution in [0.25, 0.3) is 0 Å². The number of nitriles is 1. The number of thioether (sulfide) groups is 1. The van der Waals surface area contributed by atoms with E-state index in [1.54, 1.807) is 25.6 Å². The Morgan fingerprint density at radius 2 is 2.19 bits per heavy atom. The molecule has 1 unspecified atom stereocenters. The van der Waals surface area contributed by atoms with Gasteiger partial charge >= 0.3 is 5.97 Å². The number of allylic oxidation sites excluding steroid dienone is 2. The molecule has 2 N–H and O–H groups in total. The normalized spacial score (nSPS) is 16.9. The lowest BCUT2D eigenvalue weighted by molar-refractivity contribution is -0.139. The van der Waals surface area contributed by atoms with Gasteiger partial charge in [0, 0.05) is 4.90 Å². The highest BCUT2D eigenvalue weighted by molar-refractivity contribution is 7.99. The minimum absolute atomic E-state index is 0.0343. The molecule has 0 spiro atoms. The first-order chi connectivity index (χ1) is 12.5. The number of hydrogen-bond donors (Lipinski definition) is 1. The van der Waals surface area contributed by atoms with Crippen molar-refractivity contribution in [3.05, 3.63) is 52.6 Å². The summed E-state index contributed by atoms with van der Waals surface area (Å²) in [6.07, 6.45) is 2.27. The van der Waals surface area contributed by atoms with Crippen molar-refractivity contribution in [2.75, 3.05) is 12.4 Å². The number of esters is 1. The molecule has 1 aliphatic rings. The number of hydrogen-bond acceptors (Lipinski definition) is 6. The number of carbonyl (C=O) groups is 1. The zero-order valence-electron chi connectivity index (χ0n) is 15.4. The fourth-order valence-electron chi connectivity index (χ4n) is 2.81. The van der Waals surface area contributed by atoms with Crippen molar-refractivity contribution in [1.29, 1.82) is 5.26 Å². The molecular weight excluding hydrogens is 348 g/mol. The van der Waals surface area contributed by atoms with Crippen LogP contribution < -0.4 is 5.73 Å². The molecule has 1 aromatic carbocycles. The van der Waals surface area contributed by atoms with Gasteiger partial charge in [0.05, 0.1) is 18.1 Å². The smallest absolute Gasteiger partial charge is 0.338 e. The zero-order valence-corrected chi connectivity index (χ0v) is 16.2. The zero-order chi connectivity index (χ0) is 19.1. The van der Waals surface area contributed by atoms with Gasteiger partial charge in [-0.3, -0.25) is 0 Å². The highest BCUT2D eigenvalue weighted by Crippen LogP contribution is 2.40. The average Bonchev–Trinajstić information content (AvgIpc) is 2.61. The van der Waals surface area contributed by atoms with Crippen molar-refractivity contribution >= 4 is 17.7 Å². The molecule has 1 atom stereocenters. The van der Waals surface area contributed by atoms with Crippen LogP contribution in [0.4, 0.5) is 0 Å². The molecule has 0 saturated heterocycles. The third-order valence-corrected chi connectivity index (χ3v) is 5.14. The maximum absolute atomic E-state index is 12.5. The van der Waals surface area contributed by atoms with Gasteiger partial charge in [0.15, 0.2) is 0 Å². The molecule has 1 aromatic rings. The second kappa shape index (κ2) is 9.35. The van der Waals surface area contributed by atoms with Crippen molar-refractivity contribution in [2.24, 2.45) is 5.73 Å². The molecular formula is C20H24N2O3S. The first kappa shape index (κ1) is 19.9. The van der Waals surface area contributed by atoms with Crippen molar-refractivity contribution in [3.8, 4) is 6.07 Å². The third kappa shape index (κ3) is 4.41. The quantitative estimate of drug-likeness (QED) is 0.438. The van der Waals surface area contributed by atoms with Crippen LogP contribution in [0, 0.1) is 11.3 Å². The minimum atomic E-state index is -0.584. The number of benzene rings is 1. The molecule has 0 aromatic heterocycles. The van der Waals surface area contributed by atoms with E-state index in [0.717, 1.165) is 29.1 Å². The van der Waals surface area contributed by atoms with E-state index in [0.29, 0.717) is 11.3 Å². The van der Waals surface area contributed by atoms with Gasteiger partial charge in [0.2, 0.25) is 5.88 Å². The van der Waals surface area contributed by atoms with Crippen molar-refractivity contribution < 1.29 is 14.3 Å². The van der Waals surface area contributed by atoms with E-state index in [9.17, 15) is 10.1 Å². The number of rotatable bonds is 7. The Morgan fingerprint density at radius 1 is 1.42 bits per heavy atom. The molecule has 6 heteroatoms. The van der Waals surface area contributed by atoms with Crippen LogP contribution in [-0.2, 0) is 14.3 Å². The van der Waals surface area contributed by atoms with E-state index in [1.165, 1.54) is 0 Å². The predicted molar refractivity (Wildman–Crippen MR) is 102 cm³/mol. The summed E-state index contributed by atoms with van der Waals surface area (Å²) < 4.78 is 10.6. The summed E-state index contributed by atoms with van der Waals surface area (Å²) in [5.41, 5.74) is 7.31. The van der Waals surface area contributed by atoms with Crippen LogP contribution in [0.5, 0.6) is 0 Å². The van der Waals surface area contributed by atoms with E-state index in [-0.39, 0.29) is 18.1 Å². The number of ether oxygens (including phenoxy) is 2. The Morgan fingerprint density at radius 3 is 2.85 bits per heavy atom. The van der Waals surface area contributed by atoms with Gasteiger partial charge in [-0.2, -0.15) is 5.26 Å². The van der Waals surface area contributed by atoms with Crippen LogP contribution >= 0.6 is 11.8 Å². The number of carbonyl (C=O) groups excluding carboxylic acids is 1. The summed E-state index contributed by atoms with van der Waals surface area (Å²) in [5.74, 6) is 0.357. The maximum Gasteiger partial charge on any atom is 0.338 e. The standard InChI is InChI=1S/C20H24N2O3S/c1-4-6-10-26-15-9-7-8-14(11-15)18-16(12-21)19(22)25-13(3)17(18)20(23)24-5-2/h7-9,11,18H,4-6,10,22H2,1-3H3. The fraction of sp³-hybridized carbons (Fsp3) is 0.400. The highest BCUT2D eigenvalue weighted by atomic mass is 32.2. The molecule has 1 heterocycles. The van der Waals surface area contributed by atoms with Gasteiger partial charge in [-0.15, -0.1) is 11.8 Å². The van der Waals surface area contributed by atoms with Crippen molar-refractivity contribution in [2.45, 2.75) is 44.4 Å². The largest absolute Gasteiger partial charge is 0.463 e. The highest BCUT2D eigenvalue weighted by Gasteiger charge is 2.36. The van der Waals surface area contributed by atoms with Gasteiger partial charge in [-0.1, -0.05) is 25.5 Å². The molecule has 0 fully saturated rings.